The van der Waals surface area contributed by atoms with Gasteiger partial charge < -0.3 is 20.1 Å². The lowest BCUT2D eigenvalue weighted by atomic mass is 10.1. The summed E-state index contributed by atoms with van der Waals surface area (Å²) in [5, 5.41) is 14.8. The van der Waals surface area contributed by atoms with E-state index in [1.807, 2.05) is 24.3 Å². The van der Waals surface area contributed by atoms with Gasteiger partial charge in [-0.25, -0.2) is 4.79 Å². The number of esters is 1. The van der Waals surface area contributed by atoms with Crippen LogP contribution in [0.2, 0.25) is 0 Å². The molecule has 0 aliphatic rings. The molecular weight excluding hydrogens is 514 g/mol. The van der Waals surface area contributed by atoms with E-state index in [2.05, 4.69) is 31.3 Å². The Morgan fingerprint density at radius 1 is 0.971 bits per heavy atom. The van der Waals surface area contributed by atoms with Crippen LogP contribution in [-0.2, 0) is 14.3 Å². The lowest BCUT2D eigenvalue weighted by Gasteiger charge is -2.10. The summed E-state index contributed by atoms with van der Waals surface area (Å²) in [5.41, 5.74) is 1.88. The molecule has 35 heavy (non-hydrogen) atoms. The summed E-state index contributed by atoms with van der Waals surface area (Å²) in [5.74, 6) is -0.975. The lowest BCUT2D eigenvalue weighted by molar-refractivity contribution is -0.118. The van der Waals surface area contributed by atoms with E-state index in [9.17, 15) is 19.6 Å². The summed E-state index contributed by atoms with van der Waals surface area (Å²) in [6, 6.07) is 22.0. The third-order valence-electron chi connectivity index (χ3n) is 4.61. The van der Waals surface area contributed by atoms with E-state index in [-0.39, 0.29) is 18.1 Å². The van der Waals surface area contributed by atoms with Gasteiger partial charge in [0.05, 0.1) is 17.1 Å². The number of methoxy groups -OCH3 is 1. The van der Waals surface area contributed by atoms with Crippen LogP contribution in [0.5, 0.6) is 5.75 Å². The number of carbonyl (C=O) groups is 3. The van der Waals surface area contributed by atoms with Crippen molar-refractivity contribution in [3.63, 3.8) is 0 Å². The number of halogens is 1. The van der Waals surface area contributed by atoms with Crippen LogP contribution in [0.25, 0.3) is 6.08 Å². The number of benzene rings is 3. The molecule has 0 aromatic heterocycles. The quantitative estimate of drug-likeness (QED) is 0.244. The normalized spacial score (nSPS) is 10.6. The standard InChI is InChI=1S/C26H20BrN3O5/c1-34-26(33)18-8-10-21(11-9-18)30-25(32)19(15-28)13-17-7-12-23(22(27)14-17)35-16-24(31)29-20-5-3-2-4-6-20/h2-14H,16H2,1H3,(H,29,31)(H,30,32)/b19-13+. The molecule has 9 heteroatoms. The van der Waals surface area contributed by atoms with Crippen molar-refractivity contribution in [3.8, 4) is 11.8 Å². The summed E-state index contributed by atoms with van der Waals surface area (Å²) in [4.78, 5) is 36.1. The number of hydrogen-bond donors (Lipinski definition) is 2. The summed E-state index contributed by atoms with van der Waals surface area (Å²) < 4.78 is 10.7. The first kappa shape index (κ1) is 25.2. The third-order valence-corrected chi connectivity index (χ3v) is 5.23. The largest absolute Gasteiger partial charge is 0.483 e. The van der Waals surface area contributed by atoms with Crippen LogP contribution in [0.1, 0.15) is 15.9 Å². The molecular formula is C26H20BrN3O5. The molecule has 0 fully saturated rings. The number of para-hydroxylation sites is 1. The Kier molecular flexibility index (Phi) is 8.76. The molecule has 3 rings (SSSR count). The van der Waals surface area contributed by atoms with Crippen molar-refractivity contribution >= 4 is 51.2 Å². The highest BCUT2D eigenvalue weighted by Crippen LogP contribution is 2.27. The van der Waals surface area contributed by atoms with Gasteiger partial charge >= 0.3 is 5.97 Å². The SMILES string of the molecule is COC(=O)c1ccc(NC(=O)/C(C#N)=C/c2ccc(OCC(=O)Nc3ccccc3)c(Br)c2)cc1. The highest BCUT2D eigenvalue weighted by molar-refractivity contribution is 9.10. The Labute approximate surface area is 210 Å². The van der Waals surface area contributed by atoms with E-state index in [1.54, 1.807) is 30.3 Å². The van der Waals surface area contributed by atoms with Crippen LogP contribution in [-0.4, -0.2) is 31.5 Å². The highest BCUT2D eigenvalue weighted by atomic mass is 79.9. The maximum Gasteiger partial charge on any atom is 0.337 e. The van der Waals surface area contributed by atoms with E-state index in [0.717, 1.165) is 0 Å². The van der Waals surface area contributed by atoms with Gasteiger partial charge in [-0.15, -0.1) is 0 Å². The summed E-state index contributed by atoms with van der Waals surface area (Å²) >= 11 is 3.38. The van der Waals surface area contributed by atoms with Crippen molar-refractivity contribution in [2.75, 3.05) is 24.4 Å². The monoisotopic (exact) mass is 533 g/mol. The number of anilines is 2. The summed E-state index contributed by atoms with van der Waals surface area (Å²) in [6.07, 6.45) is 1.43. The number of hydrogen-bond acceptors (Lipinski definition) is 6. The average Bonchev–Trinajstić information content (AvgIpc) is 2.87. The number of nitrogens with one attached hydrogen (secondary N) is 2. The zero-order valence-electron chi connectivity index (χ0n) is 18.6. The van der Waals surface area contributed by atoms with Gasteiger partial charge in [0.1, 0.15) is 17.4 Å². The molecule has 0 radical (unpaired) electrons. The highest BCUT2D eigenvalue weighted by Gasteiger charge is 2.12. The fourth-order valence-corrected chi connectivity index (χ4v) is 3.42. The lowest BCUT2D eigenvalue weighted by Crippen LogP contribution is -2.20. The van der Waals surface area contributed by atoms with E-state index >= 15 is 0 Å². The van der Waals surface area contributed by atoms with Gasteiger partial charge in [-0.2, -0.15) is 5.26 Å². The number of ether oxygens (including phenoxy) is 2. The van der Waals surface area contributed by atoms with Gasteiger partial charge in [0.2, 0.25) is 0 Å². The van der Waals surface area contributed by atoms with Gasteiger partial charge in [0, 0.05) is 11.4 Å². The number of rotatable bonds is 8. The average molecular weight is 534 g/mol. The Bertz CT molecular complexity index is 1300. The van der Waals surface area contributed by atoms with Crippen molar-refractivity contribution in [1.82, 2.24) is 0 Å². The maximum absolute atomic E-state index is 12.5. The van der Waals surface area contributed by atoms with Crippen LogP contribution in [0.3, 0.4) is 0 Å². The second-order valence-corrected chi connectivity index (χ2v) is 7.94. The second-order valence-electron chi connectivity index (χ2n) is 7.09. The number of carbonyl (C=O) groups excluding carboxylic acids is 3. The molecule has 0 spiro atoms. The Balaban J connectivity index is 1.62. The van der Waals surface area contributed by atoms with E-state index in [4.69, 9.17) is 4.74 Å². The number of amides is 2. The van der Waals surface area contributed by atoms with Crippen LogP contribution in [0.15, 0.2) is 82.8 Å². The Morgan fingerprint density at radius 3 is 2.29 bits per heavy atom. The number of nitriles is 1. The van der Waals surface area contributed by atoms with Gasteiger partial charge in [0.15, 0.2) is 6.61 Å². The zero-order chi connectivity index (χ0) is 25.2. The minimum absolute atomic E-state index is 0.121. The van der Waals surface area contributed by atoms with E-state index in [1.165, 1.54) is 37.5 Å². The van der Waals surface area contributed by atoms with Gasteiger partial charge in [-0.05, 0) is 76.1 Å². The first-order valence-electron chi connectivity index (χ1n) is 10.3. The van der Waals surface area contributed by atoms with Crippen molar-refractivity contribution in [1.29, 1.82) is 5.26 Å². The molecule has 0 unspecified atom stereocenters. The molecule has 2 N–H and O–H groups in total. The van der Waals surface area contributed by atoms with Crippen molar-refractivity contribution in [2.45, 2.75) is 0 Å². The van der Waals surface area contributed by atoms with Gasteiger partial charge in [0.25, 0.3) is 11.8 Å². The molecule has 0 heterocycles. The van der Waals surface area contributed by atoms with Crippen LogP contribution in [0, 0.1) is 11.3 Å². The molecule has 8 nitrogen and oxygen atoms in total. The van der Waals surface area contributed by atoms with Crippen molar-refractivity contribution in [3.05, 3.63) is 94.0 Å². The fraction of sp³-hybridized carbons (Fsp3) is 0.0769. The minimum Gasteiger partial charge on any atom is -0.483 e. The molecule has 2 amide bonds. The van der Waals surface area contributed by atoms with E-state index in [0.29, 0.717) is 32.7 Å². The molecule has 0 aliphatic carbocycles. The van der Waals surface area contributed by atoms with Crippen LogP contribution >= 0.6 is 15.9 Å². The Morgan fingerprint density at radius 2 is 1.66 bits per heavy atom. The van der Waals surface area contributed by atoms with Gasteiger partial charge in [-0.1, -0.05) is 24.3 Å². The molecule has 3 aromatic rings. The van der Waals surface area contributed by atoms with Crippen LogP contribution in [0.4, 0.5) is 11.4 Å². The smallest absolute Gasteiger partial charge is 0.337 e. The fourth-order valence-electron chi connectivity index (χ4n) is 2.91. The predicted octanol–water partition coefficient (Wildman–Crippen LogP) is 4.80. The molecule has 3 aromatic carbocycles. The maximum atomic E-state index is 12.5. The van der Waals surface area contributed by atoms with E-state index < -0.39 is 11.9 Å². The van der Waals surface area contributed by atoms with Gasteiger partial charge in [-0.3, -0.25) is 9.59 Å². The second kappa shape index (κ2) is 12.2. The number of nitrogens with zero attached hydrogens (tertiary/aromatic N) is 1. The van der Waals surface area contributed by atoms with Crippen LogP contribution < -0.4 is 15.4 Å². The molecule has 0 atom stereocenters. The molecule has 0 aliphatic heterocycles. The molecule has 176 valence electrons. The molecule has 0 saturated heterocycles. The first-order valence-corrected chi connectivity index (χ1v) is 11.1. The first-order chi connectivity index (χ1) is 16.9. The minimum atomic E-state index is -0.604. The molecule has 0 bridgehead atoms. The Hall–Kier alpha value is -4.42. The third kappa shape index (κ3) is 7.28. The topological polar surface area (TPSA) is 118 Å². The van der Waals surface area contributed by atoms with Crippen molar-refractivity contribution < 1.29 is 23.9 Å². The predicted molar refractivity (Wildman–Crippen MR) is 135 cm³/mol. The summed E-state index contributed by atoms with van der Waals surface area (Å²) in [7, 11) is 1.28. The zero-order valence-corrected chi connectivity index (χ0v) is 20.2. The summed E-state index contributed by atoms with van der Waals surface area (Å²) in [6.45, 7) is -0.191. The molecule has 0 saturated carbocycles. The van der Waals surface area contributed by atoms with Crippen molar-refractivity contribution in [2.24, 2.45) is 0 Å².